The van der Waals surface area contributed by atoms with E-state index < -0.39 is 0 Å². The molecule has 0 spiro atoms. The second-order valence-corrected chi connectivity index (χ2v) is 4.99. The molecule has 0 saturated heterocycles. The van der Waals surface area contributed by atoms with Crippen molar-refractivity contribution < 1.29 is 5.11 Å². The van der Waals surface area contributed by atoms with Gasteiger partial charge in [-0.3, -0.25) is 0 Å². The highest BCUT2D eigenvalue weighted by Crippen LogP contribution is 2.21. The van der Waals surface area contributed by atoms with E-state index in [1.165, 1.54) is 25.7 Å². The second kappa shape index (κ2) is 7.57. The molecule has 1 atom stereocenters. The lowest BCUT2D eigenvalue weighted by molar-refractivity contribution is 0.450. The molecule has 0 amide bonds. The third kappa shape index (κ3) is 5.42. The minimum atomic E-state index is 0.308. The number of benzene rings is 1. The Morgan fingerprint density at radius 1 is 1.35 bits per heavy atom. The molecule has 0 aliphatic rings. The summed E-state index contributed by atoms with van der Waals surface area (Å²) in [6.07, 6.45) is 4.97. The molecule has 0 bridgehead atoms. The molecule has 0 radical (unpaired) electrons. The van der Waals surface area contributed by atoms with E-state index in [0.717, 1.165) is 5.56 Å². The van der Waals surface area contributed by atoms with Crippen LogP contribution in [0.1, 0.15) is 45.1 Å². The van der Waals surface area contributed by atoms with Crippen molar-refractivity contribution in [1.29, 1.82) is 0 Å². The predicted octanol–water partition coefficient (Wildman–Crippen LogP) is 4.10. The zero-order valence-corrected chi connectivity index (χ0v) is 11.4. The number of phenolic OH excluding ortho intramolecular Hbond substituents is 1. The van der Waals surface area contributed by atoms with Crippen LogP contribution in [-0.4, -0.2) is 11.1 Å². The maximum absolute atomic E-state index is 9.66. The van der Waals surface area contributed by atoms with Crippen molar-refractivity contribution in [3.05, 3.63) is 28.8 Å². The molecule has 0 fully saturated rings. The molecule has 3 heteroatoms. The molecular formula is C14H22ClNO. The summed E-state index contributed by atoms with van der Waals surface area (Å²) in [6.45, 7) is 5.05. The van der Waals surface area contributed by atoms with Gasteiger partial charge in [0.15, 0.2) is 0 Å². The number of hydrogen-bond acceptors (Lipinski definition) is 2. The molecule has 0 aliphatic heterocycles. The average Bonchev–Trinajstić information content (AvgIpc) is 2.31. The molecular weight excluding hydrogens is 234 g/mol. The lowest BCUT2D eigenvalue weighted by atomic mass is 10.1. The van der Waals surface area contributed by atoms with Crippen molar-refractivity contribution in [2.75, 3.05) is 0 Å². The molecule has 1 rings (SSSR count). The molecule has 0 saturated carbocycles. The quantitative estimate of drug-likeness (QED) is 0.719. The predicted molar refractivity (Wildman–Crippen MR) is 73.6 cm³/mol. The topological polar surface area (TPSA) is 32.3 Å². The Kier molecular flexibility index (Phi) is 6.38. The summed E-state index contributed by atoms with van der Waals surface area (Å²) >= 11 is 5.90. The molecule has 96 valence electrons. The van der Waals surface area contributed by atoms with Crippen molar-refractivity contribution in [2.24, 2.45) is 0 Å². The van der Waals surface area contributed by atoms with E-state index in [-0.39, 0.29) is 0 Å². The molecule has 0 aromatic heterocycles. The Labute approximate surface area is 109 Å². The first kappa shape index (κ1) is 14.3. The van der Waals surface area contributed by atoms with Gasteiger partial charge in [-0.15, -0.1) is 0 Å². The van der Waals surface area contributed by atoms with Gasteiger partial charge >= 0.3 is 0 Å². The maximum atomic E-state index is 9.66. The molecule has 2 N–H and O–H groups in total. The standard InChI is InChI=1S/C14H22ClNO/c1-3-4-5-6-11(2)16-10-12-9-13(15)7-8-14(12)17/h7-9,11,16-17H,3-6,10H2,1-2H3. The Hall–Kier alpha value is -0.730. The smallest absolute Gasteiger partial charge is 0.120 e. The number of halogens is 1. The molecule has 0 heterocycles. The van der Waals surface area contributed by atoms with Crippen molar-refractivity contribution in [2.45, 2.75) is 52.1 Å². The van der Waals surface area contributed by atoms with Gasteiger partial charge in [-0.05, 0) is 31.5 Å². The first-order valence-corrected chi connectivity index (χ1v) is 6.72. The fourth-order valence-corrected chi connectivity index (χ4v) is 1.98. The fraction of sp³-hybridized carbons (Fsp3) is 0.571. The monoisotopic (exact) mass is 255 g/mol. The molecule has 17 heavy (non-hydrogen) atoms. The van der Waals surface area contributed by atoms with Crippen LogP contribution in [0.15, 0.2) is 18.2 Å². The Bertz CT molecular complexity index is 341. The van der Waals surface area contributed by atoms with Crippen LogP contribution in [0, 0.1) is 0 Å². The minimum Gasteiger partial charge on any atom is -0.508 e. The normalized spacial score (nSPS) is 12.6. The van der Waals surface area contributed by atoms with Crippen LogP contribution >= 0.6 is 11.6 Å². The summed E-state index contributed by atoms with van der Waals surface area (Å²) < 4.78 is 0. The van der Waals surface area contributed by atoms with E-state index in [2.05, 4.69) is 19.2 Å². The van der Waals surface area contributed by atoms with Crippen LogP contribution in [0.4, 0.5) is 0 Å². The van der Waals surface area contributed by atoms with Gasteiger partial charge in [-0.2, -0.15) is 0 Å². The van der Waals surface area contributed by atoms with E-state index in [0.29, 0.717) is 23.4 Å². The fourth-order valence-electron chi connectivity index (χ4n) is 1.78. The molecule has 1 unspecified atom stereocenters. The largest absolute Gasteiger partial charge is 0.508 e. The first-order valence-electron chi connectivity index (χ1n) is 6.34. The number of unbranched alkanes of at least 4 members (excludes halogenated alkanes) is 2. The minimum absolute atomic E-state index is 0.308. The highest BCUT2D eigenvalue weighted by atomic mass is 35.5. The summed E-state index contributed by atoms with van der Waals surface area (Å²) in [5, 5.41) is 13.7. The third-order valence-electron chi connectivity index (χ3n) is 2.92. The van der Waals surface area contributed by atoms with E-state index in [1.807, 2.05) is 6.07 Å². The Morgan fingerprint density at radius 3 is 2.82 bits per heavy atom. The zero-order chi connectivity index (χ0) is 12.7. The summed E-state index contributed by atoms with van der Waals surface area (Å²) in [7, 11) is 0. The zero-order valence-electron chi connectivity index (χ0n) is 10.7. The van der Waals surface area contributed by atoms with Gasteiger partial charge in [0.05, 0.1) is 0 Å². The van der Waals surface area contributed by atoms with Gasteiger partial charge in [0.1, 0.15) is 5.75 Å². The molecule has 0 aliphatic carbocycles. The molecule has 2 nitrogen and oxygen atoms in total. The van der Waals surface area contributed by atoms with Gasteiger partial charge in [0.25, 0.3) is 0 Å². The van der Waals surface area contributed by atoms with Crippen molar-refractivity contribution in [3.63, 3.8) is 0 Å². The number of nitrogens with one attached hydrogen (secondary N) is 1. The van der Waals surface area contributed by atoms with Crippen molar-refractivity contribution in [1.82, 2.24) is 5.32 Å². The summed E-state index contributed by atoms with van der Waals surface area (Å²) in [5.41, 5.74) is 0.861. The second-order valence-electron chi connectivity index (χ2n) is 4.55. The molecule has 1 aromatic carbocycles. The lowest BCUT2D eigenvalue weighted by Gasteiger charge is -2.14. The number of aromatic hydroxyl groups is 1. The van der Waals surface area contributed by atoms with Gasteiger partial charge in [-0.25, -0.2) is 0 Å². The van der Waals surface area contributed by atoms with Crippen LogP contribution in [-0.2, 0) is 6.54 Å². The summed E-state index contributed by atoms with van der Waals surface area (Å²) in [5.74, 6) is 0.308. The van der Waals surface area contributed by atoms with Crippen LogP contribution in [0.2, 0.25) is 5.02 Å². The third-order valence-corrected chi connectivity index (χ3v) is 3.16. The van der Waals surface area contributed by atoms with Crippen LogP contribution in [0.25, 0.3) is 0 Å². The number of phenols is 1. The van der Waals surface area contributed by atoms with Crippen LogP contribution in [0.3, 0.4) is 0 Å². The van der Waals surface area contributed by atoms with Gasteiger partial charge in [0, 0.05) is 23.2 Å². The highest BCUT2D eigenvalue weighted by Gasteiger charge is 2.05. The first-order chi connectivity index (χ1) is 8.13. The van der Waals surface area contributed by atoms with E-state index in [4.69, 9.17) is 11.6 Å². The SMILES string of the molecule is CCCCCC(C)NCc1cc(Cl)ccc1O. The summed E-state index contributed by atoms with van der Waals surface area (Å²) in [6, 6.07) is 5.62. The number of hydrogen-bond donors (Lipinski definition) is 2. The van der Waals surface area contributed by atoms with Gasteiger partial charge in [-0.1, -0.05) is 37.8 Å². The average molecular weight is 256 g/mol. The van der Waals surface area contributed by atoms with E-state index in [1.54, 1.807) is 12.1 Å². The van der Waals surface area contributed by atoms with Gasteiger partial charge in [0.2, 0.25) is 0 Å². The van der Waals surface area contributed by atoms with E-state index >= 15 is 0 Å². The van der Waals surface area contributed by atoms with Crippen LogP contribution in [0.5, 0.6) is 5.75 Å². The van der Waals surface area contributed by atoms with Crippen LogP contribution < -0.4 is 5.32 Å². The highest BCUT2D eigenvalue weighted by molar-refractivity contribution is 6.30. The van der Waals surface area contributed by atoms with Crippen molar-refractivity contribution >= 4 is 11.6 Å². The molecule has 1 aromatic rings. The maximum Gasteiger partial charge on any atom is 0.120 e. The van der Waals surface area contributed by atoms with E-state index in [9.17, 15) is 5.11 Å². The van der Waals surface area contributed by atoms with Crippen molar-refractivity contribution in [3.8, 4) is 5.75 Å². The lowest BCUT2D eigenvalue weighted by Crippen LogP contribution is -2.25. The Morgan fingerprint density at radius 2 is 2.12 bits per heavy atom. The Balaban J connectivity index is 2.36. The number of rotatable bonds is 7. The summed E-state index contributed by atoms with van der Waals surface area (Å²) in [4.78, 5) is 0. The van der Waals surface area contributed by atoms with Gasteiger partial charge < -0.3 is 10.4 Å².